The summed E-state index contributed by atoms with van der Waals surface area (Å²) in [4.78, 5) is 27.3. The van der Waals surface area contributed by atoms with Crippen LogP contribution in [0.4, 0.5) is 0 Å². The molecule has 552 valence electrons. The average molecular weight is 1580 g/mol. The molecule has 0 saturated heterocycles. The van der Waals surface area contributed by atoms with Crippen LogP contribution in [0.3, 0.4) is 0 Å². The third-order valence-electron chi connectivity index (χ3n) is 18.1. The zero-order valence-electron chi connectivity index (χ0n) is 62.9. The number of aromatic nitrogens is 14. The minimum atomic E-state index is 0. The van der Waals surface area contributed by atoms with Crippen molar-refractivity contribution in [3.63, 3.8) is 0 Å². The van der Waals surface area contributed by atoms with E-state index in [1.54, 1.807) is 37.2 Å². The molecule has 2 fully saturated rings. The summed E-state index contributed by atoms with van der Waals surface area (Å²) in [5, 5.41) is 0. The third kappa shape index (κ3) is 19.4. The molecule has 104 heavy (non-hydrogen) atoms. The Morgan fingerprint density at radius 1 is 0.317 bits per heavy atom. The van der Waals surface area contributed by atoms with Crippen molar-refractivity contribution in [1.29, 1.82) is 0 Å². The molecule has 2 aliphatic rings. The summed E-state index contributed by atoms with van der Waals surface area (Å²) < 4.78 is 16.9. The first kappa shape index (κ1) is 86.4. The van der Waals surface area contributed by atoms with Crippen LogP contribution in [0, 0.1) is 138 Å². The molecule has 0 spiro atoms. The Morgan fingerprint density at radius 2 is 0.587 bits per heavy atom. The number of fused-ring (bicyclic) bond motifs is 4. The van der Waals surface area contributed by atoms with Gasteiger partial charge in [0.05, 0.1) is 30.7 Å². The first-order valence-electron chi connectivity index (χ1n) is 33.9. The Balaban J connectivity index is 0.000000243. The van der Waals surface area contributed by atoms with Crippen molar-refractivity contribution in [3.8, 4) is 34.1 Å². The van der Waals surface area contributed by atoms with Crippen LogP contribution in [0.5, 0.6) is 0 Å². The maximum Gasteiger partial charge on any atom is 2.00 e. The van der Waals surface area contributed by atoms with Crippen molar-refractivity contribution in [3.05, 3.63) is 292 Å². The maximum absolute atomic E-state index is 4.56. The molecule has 0 amide bonds. The molecule has 2 saturated carbocycles. The van der Waals surface area contributed by atoms with E-state index >= 15 is 0 Å². The second-order valence-corrected chi connectivity index (χ2v) is 26.9. The summed E-state index contributed by atoms with van der Waals surface area (Å²) >= 11 is 0. The Bertz CT molecular complexity index is 4320. The number of aryl methyl sites for hydroxylation is 12. The first-order chi connectivity index (χ1) is 46.5. The summed E-state index contributed by atoms with van der Waals surface area (Å²) in [7, 11) is 0. The van der Waals surface area contributed by atoms with Crippen molar-refractivity contribution < 1.29 is 86.5 Å². The largest absolute Gasteiger partial charge is 2.00 e. The van der Waals surface area contributed by atoms with Gasteiger partial charge in [0.2, 0.25) is 23.3 Å². The molecule has 14 nitrogen and oxygen atoms in total. The number of para-hydroxylation sites is 2. The van der Waals surface area contributed by atoms with Gasteiger partial charge >= 0.3 is 68.3 Å². The van der Waals surface area contributed by atoms with Gasteiger partial charge < -0.3 is 52.5 Å². The molecular formula is C86H98Cu4N14+4. The van der Waals surface area contributed by atoms with E-state index in [1.165, 1.54) is 142 Å². The minimum Gasteiger partial charge on any atom is -0.358 e. The summed E-state index contributed by atoms with van der Waals surface area (Å²) in [6.45, 7) is 25.2. The van der Waals surface area contributed by atoms with Crippen molar-refractivity contribution in [2.24, 2.45) is 0 Å². The van der Waals surface area contributed by atoms with Gasteiger partial charge in [-0.2, -0.15) is 15.0 Å². The van der Waals surface area contributed by atoms with E-state index in [0.717, 1.165) is 68.0 Å². The zero-order valence-corrected chi connectivity index (χ0v) is 66.6. The molecule has 4 radical (unpaired) electrons. The van der Waals surface area contributed by atoms with Crippen LogP contribution in [0.15, 0.2) is 171 Å². The predicted molar refractivity (Wildman–Crippen MR) is 405 cm³/mol. The Hall–Kier alpha value is -8.26. The second kappa shape index (κ2) is 38.1. The molecule has 0 N–H and O–H groups in total. The van der Waals surface area contributed by atoms with Crippen molar-refractivity contribution in [2.75, 3.05) is 0 Å². The van der Waals surface area contributed by atoms with E-state index in [0.29, 0.717) is 12.1 Å². The molecule has 7 heterocycles. The molecule has 2 aliphatic carbocycles. The van der Waals surface area contributed by atoms with Crippen LogP contribution >= 0.6 is 0 Å². The van der Waals surface area contributed by atoms with Crippen LogP contribution in [-0.2, 0) is 68.3 Å². The number of imidazole rings is 4. The van der Waals surface area contributed by atoms with Gasteiger partial charge in [0.15, 0.2) is 35.9 Å². The predicted octanol–water partition coefficient (Wildman–Crippen LogP) is 17.7. The van der Waals surface area contributed by atoms with E-state index in [4.69, 9.17) is 0 Å². The van der Waals surface area contributed by atoms with Crippen LogP contribution in [0.1, 0.15) is 143 Å². The van der Waals surface area contributed by atoms with E-state index in [2.05, 4.69) is 281 Å². The van der Waals surface area contributed by atoms with Crippen molar-refractivity contribution in [2.45, 2.75) is 159 Å². The van der Waals surface area contributed by atoms with Crippen molar-refractivity contribution in [1.82, 2.24) is 48.2 Å². The summed E-state index contributed by atoms with van der Waals surface area (Å²) in [5.41, 5.74) is 28.4. The van der Waals surface area contributed by atoms with Gasteiger partial charge in [-0.05, 0) is 134 Å². The number of hydrogen-bond acceptors (Lipinski definition) is 6. The van der Waals surface area contributed by atoms with Gasteiger partial charge in [-0.1, -0.05) is 213 Å². The molecule has 16 rings (SSSR count). The Labute approximate surface area is 660 Å². The zero-order chi connectivity index (χ0) is 66.7. The summed E-state index contributed by atoms with van der Waals surface area (Å²) in [6.07, 6.45) is 38.1. The quantitative estimate of drug-likeness (QED) is 0.0851. The Morgan fingerprint density at radius 3 is 0.894 bits per heavy atom. The van der Waals surface area contributed by atoms with Gasteiger partial charge in [-0.3, -0.25) is 28.7 Å². The van der Waals surface area contributed by atoms with Gasteiger partial charge in [-0.15, -0.1) is 0 Å². The number of hydrogen-bond donors (Lipinski definition) is 0. The molecule has 7 aromatic carbocycles. The van der Waals surface area contributed by atoms with E-state index < -0.39 is 0 Å². The van der Waals surface area contributed by atoms with Gasteiger partial charge in [0.1, 0.15) is 18.6 Å². The standard InChI is InChI=1S/3C21H20N4.C19H26N2.4CH3.4Cu/c3*1-14-7-15(2)10-18(9-14)24-13-25(21-20(24)22-5-6-23-21)19-11-16(3)8-17(4)12-19;1-3-9-16(10-4-1)20-15-21(17-11-5-2-6-12-17)19-14-8-7-13-18(19)20;;;;;;;;/h3*5-12H,1-4H3;7-8,13-14,16-17H,1-6,9-12H2;4*1H3;;;;/q;;;;4*-1;4*+2. The smallest absolute Gasteiger partial charge is 0.358 e. The molecule has 0 unspecified atom stereocenters. The van der Waals surface area contributed by atoms with Gasteiger partial charge in [-0.25, -0.2) is 0 Å². The van der Waals surface area contributed by atoms with E-state index in [9.17, 15) is 0 Å². The van der Waals surface area contributed by atoms with Crippen LogP contribution < -0.4 is 18.3 Å². The van der Waals surface area contributed by atoms with Crippen molar-refractivity contribution >= 4 is 44.9 Å². The SMILES string of the molecule is Cc1cc(C)cc(-n2[c-][n+](-c3cc(C)cc(C)c3)c3nccnc32)c1.Cc1cc(C)cc(-n2[c-][n+](-c3cc(C)cc(C)c3)c3nccnc32)c1.Cc1cc(C)cc(-n2[c-][n+](-c3cc(C)cc(C)c3)c3nccnc32)c1.[CH3-].[CH3-].[CH3-].[CH3-].[Cu+2].[Cu+2].[Cu+2].[Cu+2].[c-]1n(C2CCCCC2)c2ccccc2[n+]1C1CCCCC1. The second-order valence-electron chi connectivity index (χ2n) is 26.9. The molecule has 14 aromatic rings. The first-order valence-corrected chi connectivity index (χ1v) is 33.9. The van der Waals surface area contributed by atoms with E-state index in [1.807, 2.05) is 27.4 Å². The van der Waals surface area contributed by atoms with Gasteiger partial charge in [0, 0.05) is 45.2 Å². The molecule has 0 aliphatic heterocycles. The molecule has 18 heteroatoms. The fourth-order valence-corrected chi connectivity index (χ4v) is 14.4. The minimum absolute atomic E-state index is 0. The molecule has 7 aromatic heterocycles. The fraction of sp³-hybridized carbons (Fsp3) is 0.279. The average Bonchev–Trinajstić information content (AvgIpc) is 1.64. The number of rotatable bonds is 8. The number of nitrogens with zero attached hydrogens (tertiary/aromatic N) is 14. The van der Waals surface area contributed by atoms with Crippen LogP contribution in [-0.4, -0.2) is 48.2 Å². The Kier molecular flexibility index (Phi) is 31.7. The third-order valence-corrected chi connectivity index (χ3v) is 18.1. The molecule has 0 bridgehead atoms. The number of benzene rings is 7. The normalized spacial score (nSPS) is 12.5. The monoisotopic (exact) mass is 1580 g/mol. The topological polar surface area (TPSA) is 113 Å². The van der Waals surface area contributed by atoms with Crippen LogP contribution in [0.25, 0.3) is 79.0 Å². The summed E-state index contributed by atoms with van der Waals surface area (Å²) in [5.74, 6) is 0. The van der Waals surface area contributed by atoms with Gasteiger partial charge in [0.25, 0.3) is 0 Å². The van der Waals surface area contributed by atoms with Crippen LogP contribution in [0.2, 0.25) is 0 Å². The fourth-order valence-electron chi connectivity index (χ4n) is 14.4. The molecule has 0 atom stereocenters. The summed E-state index contributed by atoms with van der Waals surface area (Å²) in [6, 6.07) is 49.0. The maximum atomic E-state index is 4.56. The molecular weight excluding hydrogens is 1480 g/mol. The van der Waals surface area contributed by atoms with E-state index in [-0.39, 0.29) is 98.0 Å².